The van der Waals surface area contributed by atoms with Crippen LogP contribution < -0.4 is 19.6 Å². The fourth-order valence-corrected chi connectivity index (χ4v) is 6.75. The number of benzene rings is 2. The van der Waals surface area contributed by atoms with Gasteiger partial charge in [-0.3, -0.25) is 9.36 Å². The number of carbonyl (C=O) groups is 2. The molecule has 4 rings (SSSR count). The van der Waals surface area contributed by atoms with Crippen LogP contribution in [-0.4, -0.2) is 37.3 Å². The number of fused-ring (bicyclic) bond motifs is 1. The Hall–Kier alpha value is -2.77. The number of rotatable bonds is 7. The third-order valence-electron chi connectivity index (χ3n) is 5.65. The molecule has 2 heterocycles. The zero-order valence-electron chi connectivity index (χ0n) is 20.1. The van der Waals surface area contributed by atoms with Crippen LogP contribution in [0.1, 0.15) is 30.5 Å². The van der Waals surface area contributed by atoms with E-state index < -0.39 is 18.0 Å². The second-order valence-corrected chi connectivity index (χ2v) is 10.9. The zero-order valence-corrected chi connectivity index (χ0v) is 24.7. The van der Waals surface area contributed by atoms with E-state index in [2.05, 4.69) is 48.3 Å². The van der Waals surface area contributed by atoms with E-state index in [4.69, 9.17) is 9.47 Å². The minimum Gasteiger partial charge on any atom is -0.480 e. The second kappa shape index (κ2) is 11.7. The lowest BCUT2D eigenvalue weighted by atomic mass is 9.95. The molecule has 0 unspecified atom stereocenters. The minimum absolute atomic E-state index is 0.217. The highest BCUT2D eigenvalue weighted by Gasteiger charge is 2.33. The van der Waals surface area contributed by atoms with Crippen molar-refractivity contribution in [3.63, 3.8) is 0 Å². The summed E-state index contributed by atoms with van der Waals surface area (Å²) in [6.45, 7) is 1.70. The van der Waals surface area contributed by atoms with Crippen molar-refractivity contribution in [2.24, 2.45) is 4.99 Å². The van der Waals surface area contributed by atoms with Crippen LogP contribution in [0.15, 0.2) is 68.0 Å². The quantitative estimate of drug-likeness (QED) is 0.276. The number of allylic oxidation sites excluding steroid dienone is 1. The van der Waals surface area contributed by atoms with Gasteiger partial charge in [-0.15, -0.1) is 0 Å². The smallest absolute Gasteiger partial charge is 0.343 e. The van der Waals surface area contributed by atoms with Crippen molar-refractivity contribution in [2.45, 2.75) is 19.4 Å². The lowest BCUT2D eigenvalue weighted by molar-refractivity contribution is -0.143. The molecule has 1 aliphatic heterocycles. The number of nitrogens with zero attached hydrogens (tertiary/aromatic N) is 2. The number of esters is 2. The predicted molar refractivity (Wildman–Crippen MR) is 151 cm³/mol. The molecule has 0 saturated heterocycles. The lowest BCUT2D eigenvalue weighted by Gasteiger charge is -2.25. The normalized spacial score (nSPS) is 15.2. The van der Waals surface area contributed by atoms with Crippen LogP contribution >= 0.6 is 49.9 Å². The van der Waals surface area contributed by atoms with Crippen molar-refractivity contribution in [3.05, 3.63) is 92.6 Å². The first kappa shape index (κ1) is 27.3. The number of thiazole rings is 1. The van der Waals surface area contributed by atoms with Crippen molar-refractivity contribution < 1.29 is 23.8 Å². The van der Waals surface area contributed by atoms with E-state index in [1.54, 1.807) is 16.7 Å². The SMILES string of the molecule is CCC1=C(C(=O)OC)[C@@H](c2ccccc2)n2c(s/c(=C\c3cc(Br)c(OCC(=O)OC)c(I)c3)c2=O)=N1. The van der Waals surface area contributed by atoms with Gasteiger partial charge in [-0.2, -0.15) is 0 Å². The maximum Gasteiger partial charge on any atom is 0.343 e. The van der Waals surface area contributed by atoms with Crippen molar-refractivity contribution in [3.8, 4) is 5.75 Å². The predicted octanol–water partition coefficient (Wildman–Crippen LogP) is 3.72. The number of aromatic nitrogens is 1. The number of carbonyl (C=O) groups excluding carboxylic acids is 2. The maximum atomic E-state index is 13.7. The topological polar surface area (TPSA) is 96.2 Å². The molecule has 0 fully saturated rings. The molecular formula is C26H22BrIN2O6S. The van der Waals surface area contributed by atoms with Gasteiger partial charge in [0.1, 0.15) is 5.75 Å². The molecule has 0 aliphatic carbocycles. The van der Waals surface area contributed by atoms with Gasteiger partial charge in [0, 0.05) is 0 Å². The maximum absolute atomic E-state index is 13.7. The fraction of sp³-hybridized carbons (Fsp3) is 0.231. The molecule has 1 aliphatic rings. The number of hydrogen-bond acceptors (Lipinski definition) is 8. The Morgan fingerprint density at radius 2 is 1.92 bits per heavy atom. The van der Waals surface area contributed by atoms with Crippen LogP contribution in [0.2, 0.25) is 0 Å². The third kappa shape index (κ3) is 5.58. The largest absolute Gasteiger partial charge is 0.480 e. The molecule has 1 atom stereocenters. The van der Waals surface area contributed by atoms with Gasteiger partial charge in [0.2, 0.25) is 0 Å². The van der Waals surface area contributed by atoms with Crippen molar-refractivity contribution in [1.29, 1.82) is 0 Å². The van der Waals surface area contributed by atoms with Crippen molar-refractivity contribution >= 4 is 67.9 Å². The average Bonchev–Trinajstić information content (AvgIpc) is 3.21. The van der Waals surface area contributed by atoms with E-state index >= 15 is 0 Å². The molecule has 37 heavy (non-hydrogen) atoms. The highest BCUT2D eigenvalue weighted by molar-refractivity contribution is 14.1. The first-order valence-electron chi connectivity index (χ1n) is 11.2. The summed E-state index contributed by atoms with van der Waals surface area (Å²) in [5, 5.41) is 0. The van der Waals surface area contributed by atoms with Crippen LogP contribution in [0.3, 0.4) is 0 Å². The van der Waals surface area contributed by atoms with Crippen LogP contribution in [0.25, 0.3) is 6.08 Å². The van der Waals surface area contributed by atoms with Gasteiger partial charge in [-0.25, -0.2) is 14.6 Å². The third-order valence-corrected chi connectivity index (χ3v) is 8.02. The molecule has 2 aromatic carbocycles. The first-order valence-corrected chi connectivity index (χ1v) is 13.8. The van der Waals surface area contributed by atoms with Crippen LogP contribution in [-0.2, 0) is 19.1 Å². The van der Waals surface area contributed by atoms with Gasteiger partial charge < -0.3 is 14.2 Å². The zero-order chi connectivity index (χ0) is 26.7. The van der Waals surface area contributed by atoms with Gasteiger partial charge in [0.05, 0.1) is 44.1 Å². The molecule has 0 spiro atoms. The Kier molecular flexibility index (Phi) is 8.65. The summed E-state index contributed by atoms with van der Waals surface area (Å²) in [6, 6.07) is 12.4. The van der Waals surface area contributed by atoms with Gasteiger partial charge in [-0.05, 0) is 74.3 Å². The number of ether oxygens (including phenoxy) is 3. The highest BCUT2D eigenvalue weighted by atomic mass is 127. The van der Waals surface area contributed by atoms with Crippen molar-refractivity contribution in [1.82, 2.24) is 4.57 Å². The molecule has 0 N–H and O–H groups in total. The second-order valence-electron chi connectivity index (χ2n) is 7.88. The highest BCUT2D eigenvalue weighted by Crippen LogP contribution is 2.33. The summed E-state index contributed by atoms with van der Waals surface area (Å²) in [7, 11) is 2.62. The molecule has 0 radical (unpaired) electrons. The van der Waals surface area contributed by atoms with E-state index in [0.29, 0.717) is 37.2 Å². The number of halogens is 2. The summed E-state index contributed by atoms with van der Waals surface area (Å²) in [4.78, 5) is 43.2. The van der Waals surface area contributed by atoms with E-state index in [0.717, 1.165) is 14.7 Å². The Labute approximate surface area is 238 Å². The van der Waals surface area contributed by atoms with Gasteiger partial charge >= 0.3 is 11.9 Å². The molecule has 3 aromatic rings. The standard InChI is InChI=1S/C26H22BrIN2O6S/c1-4-18-21(25(33)35-3)22(15-8-6-5-7-9-15)30-24(32)19(37-26(30)29-18)12-14-10-16(27)23(17(28)11-14)36-13-20(31)34-2/h5-12,22H,4,13H2,1-3H3/b19-12-/t22-/m1/s1. The summed E-state index contributed by atoms with van der Waals surface area (Å²) in [5.41, 5.74) is 2.25. The summed E-state index contributed by atoms with van der Waals surface area (Å²) in [5.74, 6) is -0.493. The van der Waals surface area contributed by atoms with E-state index in [-0.39, 0.29) is 12.2 Å². The molecule has 192 valence electrons. The Bertz CT molecular complexity index is 1560. The molecule has 0 bridgehead atoms. The molecule has 11 heteroatoms. The molecule has 1 aromatic heterocycles. The molecule has 0 saturated carbocycles. The van der Waals surface area contributed by atoms with E-state index in [1.807, 2.05) is 43.3 Å². The Morgan fingerprint density at radius 1 is 1.19 bits per heavy atom. The molecular weight excluding hydrogens is 675 g/mol. The van der Waals surface area contributed by atoms with Crippen LogP contribution in [0.5, 0.6) is 5.75 Å². The van der Waals surface area contributed by atoms with Gasteiger partial charge in [0.15, 0.2) is 11.4 Å². The van der Waals surface area contributed by atoms with Crippen LogP contribution in [0.4, 0.5) is 0 Å². The molecule has 8 nitrogen and oxygen atoms in total. The summed E-state index contributed by atoms with van der Waals surface area (Å²) >= 11 is 6.86. The first-order chi connectivity index (χ1) is 17.8. The number of methoxy groups -OCH3 is 2. The average molecular weight is 697 g/mol. The summed E-state index contributed by atoms with van der Waals surface area (Å²) < 4.78 is 18.7. The monoisotopic (exact) mass is 696 g/mol. The Morgan fingerprint density at radius 3 is 2.54 bits per heavy atom. The van der Waals surface area contributed by atoms with Crippen LogP contribution in [0, 0.1) is 3.57 Å². The summed E-state index contributed by atoms with van der Waals surface area (Å²) in [6.07, 6.45) is 2.29. The minimum atomic E-state index is -0.650. The lowest BCUT2D eigenvalue weighted by Crippen LogP contribution is -2.40. The van der Waals surface area contributed by atoms with E-state index in [9.17, 15) is 14.4 Å². The van der Waals surface area contributed by atoms with Crippen molar-refractivity contribution in [2.75, 3.05) is 20.8 Å². The van der Waals surface area contributed by atoms with Gasteiger partial charge in [-0.1, -0.05) is 48.6 Å². The fourth-order valence-electron chi connectivity index (χ4n) is 3.96. The number of hydrogen-bond donors (Lipinski definition) is 0. The van der Waals surface area contributed by atoms with E-state index in [1.165, 1.54) is 25.6 Å². The Balaban J connectivity index is 1.85. The van der Waals surface area contributed by atoms with Gasteiger partial charge in [0.25, 0.3) is 5.56 Å². The molecule has 0 amide bonds.